The molecule has 0 unspecified atom stereocenters. The van der Waals surface area contributed by atoms with Crippen molar-refractivity contribution < 1.29 is 18.7 Å². The second-order valence-electron chi connectivity index (χ2n) is 5.23. The summed E-state index contributed by atoms with van der Waals surface area (Å²) in [7, 11) is 0. The van der Waals surface area contributed by atoms with Crippen LogP contribution in [-0.4, -0.2) is 25.8 Å². The molecule has 1 aliphatic heterocycles. The van der Waals surface area contributed by atoms with Crippen molar-refractivity contribution in [1.82, 2.24) is 5.32 Å². The predicted molar refractivity (Wildman–Crippen MR) is 92.3 cm³/mol. The molecule has 2 aromatic carbocycles. The second-order valence-corrected chi connectivity index (χ2v) is 6.09. The van der Waals surface area contributed by atoms with E-state index in [1.165, 1.54) is 12.1 Å². The fraction of sp³-hybridized carbons (Fsp3) is 0.235. The fourth-order valence-corrected chi connectivity index (χ4v) is 2.72. The molecule has 0 radical (unpaired) electrons. The summed E-state index contributed by atoms with van der Waals surface area (Å²) in [6.07, 6.45) is 0.621. The summed E-state index contributed by atoms with van der Waals surface area (Å²) in [5.74, 6) is 0.981. The highest BCUT2D eigenvalue weighted by atomic mass is 79.9. The number of ether oxygens (including phenoxy) is 2. The van der Waals surface area contributed by atoms with E-state index >= 15 is 0 Å². The number of hydrogen-bond donors (Lipinski definition) is 2. The Hall–Kier alpha value is -2.28. The summed E-state index contributed by atoms with van der Waals surface area (Å²) in [6, 6.07) is 9.37. The van der Waals surface area contributed by atoms with Crippen LogP contribution >= 0.6 is 15.9 Å². The average Bonchev–Trinajstić information content (AvgIpc) is 2.57. The SMILES string of the molecule is O=C(NCCc1ccc(F)cc1)Nc1cc2c(cc1Br)OCCO2. The van der Waals surface area contributed by atoms with E-state index in [-0.39, 0.29) is 11.8 Å². The molecular formula is C17H16BrFN2O3. The van der Waals surface area contributed by atoms with Crippen LogP contribution in [0.5, 0.6) is 11.5 Å². The zero-order chi connectivity index (χ0) is 16.9. The zero-order valence-corrected chi connectivity index (χ0v) is 14.4. The molecule has 5 nitrogen and oxygen atoms in total. The number of carbonyl (C=O) groups is 1. The molecule has 2 N–H and O–H groups in total. The molecule has 0 atom stereocenters. The maximum atomic E-state index is 12.8. The number of benzene rings is 2. The minimum absolute atomic E-state index is 0.270. The Bertz CT molecular complexity index is 737. The van der Waals surface area contributed by atoms with E-state index in [9.17, 15) is 9.18 Å². The number of urea groups is 1. The van der Waals surface area contributed by atoms with E-state index in [1.807, 2.05) is 0 Å². The maximum Gasteiger partial charge on any atom is 0.319 e. The smallest absolute Gasteiger partial charge is 0.319 e. The van der Waals surface area contributed by atoms with Crippen molar-refractivity contribution in [2.75, 3.05) is 25.1 Å². The van der Waals surface area contributed by atoms with Gasteiger partial charge in [0.2, 0.25) is 0 Å². The Kier molecular flexibility index (Phi) is 5.20. The molecule has 2 aromatic rings. The van der Waals surface area contributed by atoms with E-state index < -0.39 is 0 Å². The van der Waals surface area contributed by atoms with Crippen LogP contribution in [0, 0.1) is 5.82 Å². The molecule has 1 heterocycles. The van der Waals surface area contributed by atoms with Crippen molar-refractivity contribution in [3.63, 3.8) is 0 Å². The minimum atomic E-state index is -0.325. The van der Waals surface area contributed by atoms with Crippen LogP contribution in [0.15, 0.2) is 40.9 Å². The van der Waals surface area contributed by atoms with Gasteiger partial charge in [0.15, 0.2) is 11.5 Å². The van der Waals surface area contributed by atoms with E-state index in [2.05, 4.69) is 26.6 Å². The molecule has 0 bridgehead atoms. The van der Waals surface area contributed by atoms with Crippen molar-refractivity contribution in [2.45, 2.75) is 6.42 Å². The summed E-state index contributed by atoms with van der Waals surface area (Å²) in [4.78, 5) is 12.0. The Labute approximate surface area is 147 Å². The van der Waals surface area contributed by atoms with Gasteiger partial charge >= 0.3 is 6.03 Å². The summed E-state index contributed by atoms with van der Waals surface area (Å²) in [5.41, 5.74) is 1.55. The molecule has 126 valence electrons. The predicted octanol–water partition coefficient (Wildman–Crippen LogP) is 3.72. The molecule has 0 spiro atoms. The lowest BCUT2D eigenvalue weighted by molar-refractivity contribution is 0.171. The molecule has 0 fully saturated rings. The van der Waals surface area contributed by atoms with Gasteiger partial charge in [-0.2, -0.15) is 0 Å². The van der Waals surface area contributed by atoms with E-state index in [1.54, 1.807) is 24.3 Å². The van der Waals surface area contributed by atoms with Crippen LogP contribution in [0.1, 0.15) is 5.56 Å². The molecule has 3 rings (SSSR count). The third kappa shape index (κ3) is 4.17. The number of carbonyl (C=O) groups excluding carboxylic acids is 1. The molecular weight excluding hydrogens is 379 g/mol. The number of anilines is 1. The molecule has 0 saturated carbocycles. The third-order valence-electron chi connectivity index (χ3n) is 3.49. The molecule has 2 amide bonds. The van der Waals surface area contributed by atoms with E-state index in [4.69, 9.17) is 9.47 Å². The first-order chi connectivity index (χ1) is 11.6. The highest BCUT2D eigenvalue weighted by molar-refractivity contribution is 9.10. The van der Waals surface area contributed by atoms with Gasteiger partial charge in [0.1, 0.15) is 19.0 Å². The largest absolute Gasteiger partial charge is 0.486 e. The van der Waals surface area contributed by atoms with Crippen molar-refractivity contribution in [1.29, 1.82) is 0 Å². The average molecular weight is 395 g/mol. The van der Waals surface area contributed by atoms with Gasteiger partial charge in [-0.15, -0.1) is 0 Å². The molecule has 0 aromatic heterocycles. The van der Waals surface area contributed by atoms with Crippen molar-refractivity contribution >= 4 is 27.6 Å². The van der Waals surface area contributed by atoms with Crippen LogP contribution in [0.4, 0.5) is 14.9 Å². The van der Waals surface area contributed by atoms with Crippen molar-refractivity contribution in [3.8, 4) is 11.5 Å². The molecule has 0 aliphatic carbocycles. The van der Waals surface area contributed by atoms with Crippen molar-refractivity contribution in [2.24, 2.45) is 0 Å². The van der Waals surface area contributed by atoms with E-state index in [0.717, 1.165) is 5.56 Å². The summed E-state index contributed by atoms with van der Waals surface area (Å²) >= 11 is 3.40. The Morgan fingerprint density at radius 2 is 1.79 bits per heavy atom. The number of halogens is 2. The second kappa shape index (κ2) is 7.53. The lowest BCUT2D eigenvalue weighted by Gasteiger charge is -2.20. The number of fused-ring (bicyclic) bond motifs is 1. The Balaban J connectivity index is 1.54. The van der Waals surface area contributed by atoms with Crippen LogP contribution in [0.25, 0.3) is 0 Å². The van der Waals surface area contributed by atoms with Gasteiger partial charge < -0.3 is 20.1 Å². The van der Waals surface area contributed by atoms with Gasteiger partial charge in [-0.1, -0.05) is 12.1 Å². The monoisotopic (exact) mass is 394 g/mol. The van der Waals surface area contributed by atoms with Gasteiger partial charge in [0.05, 0.1) is 5.69 Å². The number of rotatable bonds is 4. The topological polar surface area (TPSA) is 59.6 Å². The zero-order valence-electron chi connectivity index (χ0n) is 12.8. The first-order valence-electron chi connectivity index (χ1n) is 7.50. The number of nitrogens with one attached hydrogen (secondary N) is 2. The first kappa shape index (κ1) is 16.6. The van der Waals surface area contributed by atoms with Crippen LogP contribution in [-0.2, 0) is 6.42 Å². The van der Waals surface area contributed by atoms with Gasteiger partial charge in [0, 0.05) is 23.2 Å². The van der Waals surface area contributed by atoms with Gasteiger partial charge in [-0.25, -0.2) is 9.18 Å². The van der Waals surface area contributed by atoms with Crippen LogP contribution in [0.2, 0.25) is 0 Å². The normalized spacial score (nSPS) is 12.6. The number of hydrogen-bond acceptors (Lipinski definition) is 3. The van der Waals surface area contributed by atoms with Gasteiger partial charge in [0.25, 0.3) is 0 Å². The standard InChI is InChI=1S/C17H16BrFN2O3/c18-13-9-15-16(24-8-7-23-15)10-14(13)21-17(22)20-6-5-11-1-3-12(19)4-2-11/h1-4,9-10H,5-8H2,(H2,20,21,22). The lowest BCUT2D eigenvalue weighted by Crippen LogP contribution is -2.30. The van der Waals surface area contributed by atoms with Gasteiger partial charge in [-0.3, -0.25) is 0 Å². The van der Waals surface area contributed by atoms with E-state index in [0.29, 0.717) is 47.8 Å². The summed E-state index contributed by atoms with van der Waals surface area (Å²) in [6.45, 7) is 1.44. The maximum absolute atomic E-state index is 12.8. The highest BCUT2D eigenvalue weighted by Gasteiger charge is 2.16. The molecule has 7 heteroatoms. The van der Waals surface area contributed by atoms with Crippen molar-refractivity contribution in [3.05, 3.63) is 52.3 Å². The first-order valence-corrected chi connectivity index (χ1v) is 8.29. The molecule has 0 saturated heterocycles. The Morgan fingerprint density at radius 1 is 1.12 bits per heavy atom. The third-order valence-corrected chi connectivity index (χ3v) is 4.15. The summed E-state index contributed by atoms with van der Waals surface area (Å²) in [5, 5.41) is 5.53. The minimum Gasteiger partial charge on any atom is -0.486 e. The number of amides is 2. The molecule has 1 aliphatic rings. The highest BCUT2D eigenvalue weighted by Crippen LogP contribution is 2.38. The lowest BCUT2D eigenvalue weighted by atomic mass is 10.1. The van der Waals surface area contributed by atoms with Crippen LogP contribution in [0.3, 0.4) is 0 Å². The Morgan fingerprint density at radius 3 is 2.50 bits per heavy atom. The summed E-state index contributed by atoms with van der Waals surface area (Å²) < 4.78 is 24.5. The quantitative estimate of drug-likeness (QED) is 0.830. The molecule has 24 heavy (non-hydrogen) atoms. The van der Waals surface area contributed by atoms with Crippen LogP contribution < -0.4 is 20.1 Å². The van der Waals surface area contributed by atoms with Gasteiger partial charge in [-0.05, 0) is 40.0 Å². The fourth-order valence-electron chi connectivity index (χ4n) is 2.30.